The van der Waals surface area contributed by atoms with Crippen LogP contribution in [0.3, 0.4) is 0 Å². The van der Waals surface area contributed by atoms with Crippen LogP contribution in [-0.2, 0) is 4.79 Å². The molecular formula is C7H16N2O. The summed E-state index contributed by atoms with van der Waals surface area (Å²) in [6.45, 7) is 2.02. The molecule has 1 unspecified atom stereocenters. The third-order valence-corrected chi connectivity index (χ3v) is 1.36. The summed E-state index contributed by atoms with van der Waals surface area (Å²) in [5.41, 5.74) is 5.54. The van der Waals surface area contributed by atoms with Crippen LogP contribution in [0.15, 0.2) is 0 Å². The van der Waals surface area contributed by atoms with Crippen LogP contribution in [0.2, 0.25) is 0 Å². The van der Waals surface area contributed by atoms with E-state index in [1.54, 1.807) is 14.1 Å². The molecule has 0 saturated carbocycles. The number of nitrogens with zero attached hydrogens (tertiary/aromatic N) is 1. The Hall–Kier alpha value is -0.570. The molecule has 0 rings (SSSR count). The second-order valence-corrected chi connectivity index (χ2v) is 2.63. The van der Waals surface area contributed by atoms with Gasteiger partial charge in [-0.1, -0.05) is 13.3 Å². The molecule has 0 aliphatic carbocycles. The summed E-state index contributed by atoms with van der Waals surface area (Å²) in [5, 5.41) is 0. The van der Waals surface area contributed by atoms with Crippen LogP contribution in [0.4, 0.5) is 0 Å². The van der Waals surface area contributed by atoms with Gasteiger partial charge in [0.15, 0.2) is 0 Å². The highest BCUT2D eigenvalue weighted by atomic mass is 16.2. The smallest absolute Gasteiger partial charge is 0.238 e. The molecule has 0 radical (unpaired) electrons. The van der Waals surface area contributed by atoms with Crippen molar-refractivity contribution in [3.8, 4) is 0 Å². The highest BCUT2D eigenvalue weighted by Gasteiger charge is 2.12. The maximum atomic E-state index is 11.0. The number of amides is 1. The Morgan fingerprint density at radius 3 is 2.40 bits per heavy atom. The highest BCUT2D eigenvalue weighted by Crippen LogP contribution is 1.95. The second kappa shape index (κ2) is 4.28. The van der Waals surface area contributed by atoms with Crippen LogP contribution < -0.4 is 5.73 Å². The first-order valence-corrected chi connectivity index (χ1v) is 3.56. The number of carbonyl (C=O) groups is 1. The van der Waals surface area contributed by atoms with Crippen molar-refractivity contribution in [1.82, 2.24) is 4.90 Å². The van der Waals surface area contributed by atoms with Gasteiger partial charge in [-0.15, -0.1) is 0 Å². The molecule has 1 amide bonds. The summed E-state index contributed by atoms with van der Waals surface area (Å²) in [5.74, 6) is 0.0156. The fraction of sp³-hybridized carbons (Fsp3) is 0.857. The van der Waals surface area contributed by atoms with Crippen molar-refractivity contribution in [1.29, 1.82) is 0 Å². The first-order valence-electron chi connectivity index (χ1n) is 3.56. The average molecular weight is 144 g/mol. The SMILES string of the molecule is CCCC(N)C(=O)N(C)C. The number of hydrogen-bond donors (Lipinski definition) is 1. The minimum Gasteiger partial charge on any atom is -0.347 e. The van der Waals surface area contributed by atoms with Crippen LogP contribution in [0.5, 0.6) is 0 Å². The minimum absolute atomic E-state index is 0.0156. The molecule has 3 heteroatoms. The fourth-order valence-electron chi connectivity index (χ4n) is 0.766. The Labute approximate surface area is 62.2 Å². The summed E-state index contributed by atoms with van der Waals surface area (Å²) in [7, 11) is 3.44. The lowest BCUT2D eigenvalue weighted by Crippen LogP contribution is -2.39. The second-order valence-electron chi connectivity index (χ2n) is 2.63. The molecule has 60 valence electrons. The Kier molecular flexibility index (Phi) is 4.03. The number of hydrogen-bond acceptors (Lipinski definition) is 2. The third kappa shape index (κ3) is 2.82. The van der Waals surface area contributed by atoms with Gasteiger partial charge in [0.25, 0.3) is 0 Å². The van der Waals surface area contributed by atoms with Gasteiger partial charge in [0.1, 0.15) is 0 Å². The molecule has 1 atom stereocenters. The fourth-order valence-corrected chi connectivity index (χ4v) is 0.766. The number of likely N-dealkylation sites (N-methyl/N-ethyl adjacent to an activating group) is 1. The Morgan fingerprint density at radius 1 is 1.60 bits per heavy atom. The molecule has 0 aromatic heterocycles. The third-order valence-electron chi connectivity index (χ3n) is 1.36. The lowest BCUT2D eigenvalue weighted by Gasteiger charge is -2.15. The molecule has 0 aromatic carbocycles. The Bertz CT molecular complexity index is 112. The number of carbonyl (C=O) groups excluding carboxylic acids is 1. The van der Waals surface area contributed by atoms with Gasteiger partial charge < -0.3 is 10.6 Å². The minimum atomic E-state index is -0.306. The van der Waals surface area contributed by atoms with Crippen LogP contribution in [-0.4, -0.2) is 30.9 Å². The van der Waals surface area contributed by atoms with Gasteiger partial charge in [-0.05, 0) is 6.42 Å². The zero-order valence-electron chi connectivity index (χ0n) is 6.92. The summed E-state index contributed by atoms with van der Waals surface area (Å²) in [4.78, 5) is 12.6. The van der Waals surface area contributed by atoms with Crippen LogP contribution in [0.25, 0.3) is 0 Å². The van der Waals surface area contributed by atoms with E-state index in [9.17, 15) is 4.79 Å². The molecule has 0 spiro atoms. The molecule has 0 aromatic rings. The van der Waals surface area contributed by atoms with Gasteiger partial charge >= 0.3 is 0 Å². The normalized spacial score (nSPS) is 12.8. The van der Waals surface area contributed by atoms with Crippen molar-refractivity contribution >= 4 is 5.91 Å². The van der Waals surface area contributed by atoms with Gasteiger partial charge in [0.05, 0.1) is 6.04 Å². The predicted molar refractivity (Wildman–Crippen MR) is 41.6 cm³/mol. The van der Waals surface area contributed by atoms with Gasteiger partial charge in [-0.3, -0.25) is 4.79 Å². The quantitative estimate of drug-likeness (QED) is 0.615. The monoisotopic (exact) mass is 144 g/mol. The van der Waals surface area contributed by atoms with Crippen molar-refractivity contribution < 1.29 is 4.79 Å². The van der Waals surface area contributed by atoms with Gasteiger partial charge in [0, 0.05) is 14.1 Å². The van der Waals surface area contributed by atoms with E-state index in [0.29, 0.717) is 0 Å². The molecule has 0 saturated heterocycles. The molecule has 2 N–H and O–H groups in total. The van der Waals surface area contributed by atoms with E-state index >= 15 is 0 Å². The molecule has 3 nitrogen and oxygen atoms in total. The van der Waals surface area contributed by atoms with Crippen molar-refractivity contribution in [2.45, 2.75) is 25.8 Å². The lowest BCUT2D eigenvalue weighted by molar-refractivity contribution is -0.130. The maximum Gasteiger partial charge on any atom is 0.238 e. The summed E-state index contributed by atoms with van der Waals surface area (Å²) >= 11 is 0. The topological polar surface area (TPSA) is 46.3 Å². The largest absolute Gasteiger partial charge is 0.347 e. The molecule has 0 aliphatic heterocycles. The zero-order valence-corrected chi connectivity index (χ0v) is 6.92. The van der Waals surface area contributed by atoms with E-state index in [1.807, 2.05) is 6.92 Å². The van der Waals surface area contributed by atoms with E-state index in [2.05, 4.69) is 0 Å². The molecule has 0 bridgehead atoms. The van der Waals surface area contributed by atoms with Crippen molar-refractivity contribution in [3.05, 3.63) is 0 Å². The van der Waals surface area contributed by atoms with Crippen molar-refractivity contribution in [3.63, 3.8) is 0 Å². The van der Waals surface area contributed by atoms with E-state index in [4.69, 9.17) is 5.73 Å². The summed E-state index contributed by atoms with van der Waals surface area (Å²) < 4.78 is 0. The Balaban J connectivity index is 3.71. The lowest BCUT2D eigenvalue weighted by atomic mass is 10.1. The highest BCUT2D eigenvalue weighted by molar-refractivity contribution is 5.80. The predicted octanol–water partition coefficient (Wildman–Crippen LogP) is 0.202. The zero-order chi connectivity index (χ0) is 8.15. The molecule has 10 heavy (non-hydrogen) atoms. The maximum absolute atomic E-state index is 11.0. The summed E-state index contributed by atoms with van der Waals surface area (Å²) in [6.07, 6.45) is 1.73. The van der Waals surface area contributed by atoms with E-state index < -0.39 is 0 Å². The first kappa shape index (κ1) is 9.43. The van der Waals surface area contributed by atoms with E-state index in [-0.39, 0.29) is 11.9 Å². The Morgan fingerprint density at radius 2 is 2.10 bits per heavy atom. The molecular weight excluding hydrogens is 128 g/mol. The van der Waals surface area contributed by atoms with Gasteiger partial charge in [0.2, 0.25) is 5.91 Å². The van der Waals surface area contributed by atoms with Crippen LogP contribution >= 0.6 is 0 Å². The van der Waals surface area contributed by atoms with Crippen molar-refractivity contribution in [2.75, 3.05) is 14.1 Å². The van der Waals surface area contributed by atoms with E-state index in [1.165, 1.54) is 4.90 Å². The standard InChI is InChI=1S/C7H16N2O/c1-4-5-6(8)7(10)9(2)3/h6H,4-5,8H2,1-3H3. The van der Waals surface area contributed by atoms with Gasteiger partial charge in [-0.25, -0.2) is 0 Å². The van der Waals surface area contributed by atoms with Crippen LogP contribution in [0, 0.1) is 0 Å². The summed E-state index contributed by atoms with van der Waals surface area (Å²) in [6, 6.07) is -0.306. The molecule has 0 aliphatic rings. The number of nitrogens with two attached hydrogens (primary N) is 1. The number of rotatable bonds is 3. The average Bonchev–Trinajstić information content (AvgIpc) is 1.87. The first-order chi connectivity index (χ1) is 4.59. The molecule has 0 fully saturated rings. The van der Waals surface area contributed by atoms with Crippen molar-refractivity contribution in [2.24, 2.45) is 5.73 Å². The molecule has 0 heterocycles. The van der Waals surface area contributed by atoms with Crippen LogP contribution in [0.1, 0.15) is 19.8 Å². The van der Waals surface area contributed by atoms with Gasteiger partial charge in [-0.2, -0.15) is 0 Å². The van der Waals surface area contributed by atoms with E-state index in [0.717, 1.165) is 12.8 Å².